The summed E-state index contributed by atoms with van der Waals surface area (Å²) in [5, 5.41) is 4.81. The monoisotopic (exact) mass is 380 g/mol. The van der Waals surface area contributed by atoms with Crippen molar-refractivity contribution in [3.05, 3.63) is 64.9 Å². The molecule has 0 spiro atoms. The fourth-order valence-electron chi connectivity index (χ4n) is 3.29. The van der Waals surface area contributed by atoms with Gasteiger partial charge in [-0.05, 0) is 42.8 Å². The zero-order valence-corrected chi connectivity index (χ0v) is 16.5. The normalized spacial score (nSPS) is 13.9. The molecule has 3 aromatic rings. The third-order valence-electron chi connectivity index (χ3n) is 5.00. The van der Waals surface area contributed by atoms with Crippen LogP contribution in [0.5, 0.6) is 5.75 Å². The first-order valence-corrected chi connectivity index (χ1v) is 9.63. The van der Waals surface area contributed by atoms with Crippen LogP contribution in [0.1, 0.15) is 18.4 Å². The lowest BCUT2D eigenvalue weighted by atomic mass is 10.2. The van der Waals surface area contributed by atoms with Crippen LogP contribution < -0.4 is 4.74 Å². The molecule has 0 radical (unpaired) electrons. The standard InChI is InChI=1S/C21H24N4OS/c1-23-20(17-6-4-3-5-7-17)22-25(21(23)27)15-24(18-10-11-18)14-16-8-12-19(26-2)13-9-16/h3-9,12-13,18H,10-11,14-15H2,1-2H3. The van der Waals surface area contributed by atoms with Crippen LogP contribution in [0.25, 0.3) is 11.4 Å². The zero-order chi connectivity index (χ0) is 18.8. The van der Waals surface area contributed by atoms with Crippen molar-refractivity contribution < 1.29 is 4.74 Å². The summed E-state index contributed by atoms with van der Waals surface area (Å²) in [6, 6.07) is 19.1. The predicted molar refractivity (Wildman–Crippen MR) is 109 cm³/mol. The van der Waals surface area contributed by atoms with E-state index in [9.17, 15) is 0 Å². The molecule has 0 amide bonds. The maximum absolute atomic E-state index is 5.66. The van der Waals surface area contributed by atoms with Crippen molar-refractivity contribution in [2.75, 3.05) is 7.11 Å². The molecule has 1 aliphatic rings. The summed E-state index contributed by atoms with van der Waals surface area (Å²) in [6.45, 7) is 1.59. The van der Waals surface area contributed by atoms with Gasteiger partial charge in [0.15, 0.2) is 10.6 Å². The Morgan fingerprint density at radius 3 is 2.44 bits per heavy atom. The number of benzene rings is 2. The largest absolute Gasteiger partial charge is 0.497 e. The van der Waals surface area contributed by atoms with Gasteiger partial charge in [-0.15, -0.1) is 0 Å². The van der Waals surface area contributed by atoms with Gasteiger partial charge >= 0.3 is 0 Å². The molecule has 2 aromatic carbocycles. The van der Waals surface area contributed by atoms with E-state index in [1.54, 1.807) is 7.11 Å². The third-order valence-corrected chi connectivity index (χ3v) is 5.48. The molecule has 140 valence electrons. The maximum atomic E-state index is 5.66. The molecular weight excluding hydrogens is 356 g/mol. The highest BCUT2D eigenvalue weighted by molar-refractivity contribution is 7.71. The minimum Gasteiger partial charge on any atom is -0.497 e. The molecule has 5 nitrogen and oxygen atoms in total. The van der Waals surface area contributed by atoms with Crippen LogP contribution in [0.15, 0.2) is 54.6 Å². The van der Waals surface area contributed by atoms with Crippen molar-refractivity contribution in [2.24, 2.45) is 7.05 Å². The Morgan fingerprint density at radius 1 is 1.11 bits per heavy atom. The van der Waals surface area contributed by atoms with Crippen molar-refractivity contribution in [3.63, 3.8) is 0 Å². The average molecular weight is 381 g/mol. The summed E-state index contributed by atoms with van der Waals surface area (Å²) in [4.78, 5) is 2.46. The third kappa shape index (κ3) is 3.96. The van der Waals surface area contributed by atoms with Gasteiger partial charge in [0.25, 0.3) is 0 Å². The van der Waals surface area contributed by atoms with Gasteiger partial charge < -0.3 is 9.30 Å². The van der Waals surface area contributed by atoms with E-state index in [-0.39, 0.29) is 0 Å². The van der Waals surface area contributed by atoms with Crippen LogP contribution in [0.3, 0.4) is 0 Å². The Hall–Kier alpha value is -2.44. The molecule has 0 bridgehead atoms. The summed E-state index contributed by atoms with van der Waals surface area (Å²) >= 11 is 5.66. The van der Waals surface area contributed by atoms with Gasteiger partial charge in [-0.2, -0.15) is 5.10 Å². The van der Waals surface area contributed by atoms with Crippen LogP contribution in [0.4, 0.5) is 0 Å². The lowest BCUT2D eigenvalue weighted by Gasteiger charge is -2.22. The van der Waals surface area contributed by atoms with Gasteiger partial charge in [0, 0.05) is 25.2 Å². The fourth-order valence-corrected chi connectivity index (χ4v) is 3.48. The number of nitrogens with zero attached hydrogens (tertiary/aromatic N) is 4. The van der Waals surface area contributed by atoms with Crippen LogP contribution in [0.2, 0.25) is 0 Å². The molecule has 1 heterocycles. The summed E-state index contributed by atoms with van der Waals surface area (Å²) in [5.74, 6) is 1.79. The Balaban J connectivity index is 1.56. The summed E-state index contributed by atoms with van der Waals surface area (Å²) in [5.41, 5.74) is 2.35. The van der Waals surface area contributed by atoms with Crippen LogP contribution in [0, 0.1) is 4.77 Å². The van der Waals surface area contributed by atoms with E-state index in [2.05, 4.69) is 29.2 Å². The predicted octanol–water partition coefficient (Wildman–Crippen LogP) is 4.25. The summed E-state index contributed by atoms with van der Waals surface area (Å²) in [6.07, 6.45) is 2.48. The quantitative estimate of drug-likeness (QED) is 0.574. The van der Waals surface area contributed by atoms with E-state index >= 15 is 0 Å². The molecule has 0 atom stereocenters. The molecule has 1 fully saturated rings. The highest BCUT2D eigenvalue weighted by Gasteiger charge is 2.29. The zero-order valence-electron chi connectivity index (χ0n) is 15.7. The lowest BCUT2D eigenvalue weighted by molar-refractivity contribution is 0.186. The second kappa shape index (κ2) is 7.66. The molecule has 1 aromatic heterocycles. The molecule has 0 saturated heterocycles. The van der Waals surface area contributed by atoms with Gasteiger partial charge in [-0.1, -0.05) is 42.5 Å². The SMILES string of the molecule is COc1ccc(CN(Cn2nc(-c3ccccc3)n(C)c2=S)C2CC2)cc1. The van der Waals surface area contributed by atoms with Crippen LogP contribution in [-0.2, 0) is 20.3 Å². The lowest BCUT2D eigenvalue weighted by Crippen LogP contribution is -2.29. The van der Waals surface area contributed by atoms with E-state index < -0.39 is 0 Å². The minimum atomic E-state index is 0.608. The van der Waals surface area contributed by atoms with Gasteiger partial charge in [0.05, 0.1) is 13.8 Å². The van der Waals surface area contributed by atoms with E-state index in [0.717, 1.165) is 28.5 Å². The Bertz CT molecular complexity index is 958. The molecule has 0 unspecified atom stereocenters. The highest BCUT2D eigenvalue weighted by atomic mass is 32.1. The fraction of sp³-hybridized carbons (Fsp3) is 0.333. The Labute approximate surface area is 164 Å². The number of rotatable bonds is 7. The highest BCUT2D eigenvalue weighted by Crippen LogP contribution is 2.29. The molecule has 1 saturated carbocycles. The van der Waals surface area contributed by atoms with E-state index in [1.165, 1.54) is 18.4 Å². The molecule has 27 heavy (non-hydrogen) atoms. The van der Waals surface area contributed by atoms with Crippen molar-refractivity contribution in [3.8, 4) is 17.1 Å². The molecule has 1 aliphatic carbocycles. The van der Waals surface area contributed by atoms with Crippen molar-refractivity contribution in [2.45, 2.75) is 32.1 Å². The number of methoxy groups -OCH3 is 1. The summed E-state index contributed by atoms with van der Waals surface area (Å²) < 4.78 is 9.94. The number of hydrogen-bond donors (Lipinski definition) is 0. The average Bonchev–Trinajstić information content (AvgIpc) is 3.52. The topological polar surface area (TPSA) is 35.2 Å². The van der Waals surface area contributed by atoms with Crippen molar-refractivity contribution >= 4 is 12.2 Å². The first-order chi connectivity index (χ1) is 13.2. The molecule has 0 aliphatic heterocycles. The summed E-state index contributed by atoms with van der Waals surface area (Å²) in [7, 11) is 3.68. The van der Waals surface area contributed by atoms with E-state index in [1.807, 2.05) is 46.6 Å². The molecule has 6 heteroatoms. The number of aromatic nitrogens is 3. The Morgan fingerprint density at radius 2 is 1.81 bits per heavy atom. The Kier molecular flexibility index (Phi) is 5.09. The van der Waals surface area contributed by atoms with E-state index in [4.69, 9.17) is 22.1 Å². The number of ether oxygens (including phenoxy) is 1. The van der Waals surface area contributed by atoms with Crippen molar-refractivity contribution in [1.29, 1.82) is 0 Å². The van der Waals surface area contributed by atoms with Gasteiger partial charge in [-0.25, -0.2) is 4.68 Å². The van der Waals surface area contributed by atoms with Crippen LogP contribution in [-0.4, -0.2) is 32.4 Å². The molecule has 0 N–H and O–H groups in total. The molecular formula is C21H24N4OS. The first-order valence-electron chi connectivity index (χ1n) is 9.22. The van der Waals surface area contributed by atoms with Gasteiger partial charge in [0.2, 0.25) is 0 Å². The minimum absolute atomic E-state index is 0.608. The van der Waals surface area contributed by atoms with E-state index in [0.29, 0.717) is 12.7 Å². The van der Waals surface area contributed by atoms with Crippen LogP contribution >= 0.6 is 12.2 Å². The smallest absolute Gasteiger partial charge is 0.199 e. The molecule has 4 rings (SSSR count). The van der Waals surface area contributed by atoms with Gasteiger partial charge in [0.1, 0.15) is 5.75 Å². The van der Waals surface area contributed by atoms with Crippen molar-refractivity contribution in [1.82, 2.24) is 19.2 Å². The maximum Gasteiger partial charge on any atom is 0.199 e. The second-order valence-corrected chi connectivity index (χ2v) is 7.36. The first kappa shape index (κ1) is 17.9. The second-order valence-electron chi connectivity index (χ2n) is 7.00. The number of hydrogen-bond acceptors (Lipinski definition) is 4. The van der Waals surface area contributed by atoms with Gasteiger partial charge in [-0.3, -0.25) is 4.90 Å².